The molecule has 0 aliphatic rings. The molecule has 0 aliphatic carbocycles. The van der Waals surface area contributed by atoms with E-state index in [-0.39, 0.29) is 16.7 Å². The lowest BCUT2D eigenvalue weighted by Crippen LogP contribution is -2.11. The molecule has 0 aliphatic heterocycles. The summed E-state index contributed by atoms with van der Waals surface area (Å²) in [5.74, 6) is 1.47. The molecular formula is C19H20N4O3S. The van der Waals surface area contributed by atoms with Crippen molar-refractivity contribution in [2.75, 3.05) is 13.7 Å². The number of methoxy groups -OCH3 is 1. The molecule has 0 amide bonds. The number of aryl methyl sites for hydroxylation is 2. The molecule has 3 aromatic rings. The van der Waals surface area contributed by atoms with Crippen molar-refractivity contribution in [1.29, 1.82) is 0 Å². The van der Waals surface area contributed by atoms with Crippen molar-refractivity contribution in [2.24, 2.45) is 0 Å². The molecule has 1 heterocycles. The summed E-state index contributed by atoms with van der Waals surface area (Å²) >= 11 is 1.34. The highest BCUT2D eigenvalue weighted by Crippen LogP contribution is 2.36. The molecule has 0 unspecified atom stereocenters. The van der Waals surface area contributed by atoms with Crippen molar-refractivity contribution in [1.82, 2.24) is 14.8 Å². The minimum Gasteiger partial charge on any atom is -0.497 e. The van der Waals surface area contributed by atoms with Crippen molar-refractivity contribution >= 4 is 11.8 Å². The van der Waals surface area contributed by atoms with E-state index < -0.39 is 0 Å². The monoisotopic (exact) mass is 384 g/mol. The van der Waals surface area contributed by atoms with Gasteiger partial charge in [0, 0.05) is 10.6 Å². The van der Waals surface area contributed by atoms with Gasteiger partial charge in [0.1, 0.15) is 16.8 Å². The summed E-state index contributed by atoms with van der Waals surface area (Å²) in [6.07, 6.45) is 0. The van der Waals surface area contributed by atoms with E-state index >= 15 is 0 Å². The van der Waals surface area contributed by atoms with Gasteiger partial charge in [-0.2, -0.15) is 0 Å². The number of thioether (sulfide) groups is 1. The highest BCUT2D eigenvalue weighted by molar-refractivity contribution is 7.99. The SMILES string of the molecule is COc1ccc(-n2c(C)nnc2S[C@@H](C[N+](=O)[O-])c2ccc(C)cc2)cc1. The summed E-state index contributed by atoms with van der Waals surface area (Å²) < 4.78 is 7.10. The second kappa shape index (κ2) is 8.22. The van der Waals surface area contributed by atoms with Crippen LogP contribution in [0.1, 0.15) is 22.2 Å². The maximum Gasteiger partial charge on any atom is 0.220 e. The van der Waals surface area contributed by atoms with Gasteiger partial charge in [0.05, 0.1) is 7.11 Å². The van der Waals surface area contributed by atoms with E-state index in [1.54, 1.807) is 7.11 Å². The van der Waals surface area contributed by atoms with Crippen LogP contribution in [0.3, 0.4) is 0 Å². The topological polar surface area (TPSA) is 83.1 Å². The molecule has 0 saturated carbocycles. The van der Waals surface area contributed by atoms with Crippen molar-refractivity contribution in [2.45, 2.75) is 24.3 Å². The molecule has 27 heavy (non-hydrogen) atoms. The second-order valence-corrected chi connectivity index (χ2v) is 7.27. The molecular weight excluding hydrogens is 364 g/mol. The van der Waals surface area contributed by atoms with Gasteiger partial charge < -0.3 is 4.74 Å². The van der Waals surface area contributed by atoms with Crippen molar-refractivity contribution in [3.05, 3.63) is 75.6 Å². The van der Waals surface area contributed by atoms with Gasteiger partial charge in [0.25, 0.3) is 0 Å². The highest BCUT2D eigenvalue weighted by atomic mass is 32.2. The standard InChI is InChI=1S/C19H20N4O3S/c1-13-4-6-15(7-5-13)18(12-22(24)25)27-19-21-20-14(2)23(19)16-8-10-17(26-3)11-9-16/h4-11,18H,12H2,1-3H3/t18-/m0/s1. The van der Waals surface area contributed by atoms with Gasteiger partial charge in [0.2, 0.25) is 6.54 Å². The molecule has 0 saturated heterocycles. The lowest BCUT2D eigenvalue weighted by atomic mass is 10.1. The Kier molecular flexibility index (Phi) is 5.75. The number of nitrogens with zero attached hydrogens (tertiary/aromatic N) is 4. The number of rotatable bonds is 7. The van der Waals surface area contributed by atoms with Crippen LogP contribution in [0.5, 0.6) is 5.75 Å². The Labute approximate surface area is 161 Å². The smallest absolute Gasteiger partial charge is 0.220 e. The number of hydrogen-bond donors (Lipinski definition) is 0. The average molecular weight is 384 g/mol. The predicted molar refractivity (Wildman–Crippen MR) is 104 cm³/mol. The van der Waals surface area contributed by atoms with Crippen molar-refractivity contribution in [3.8, 4) is 11.4 Å². The lowest BCUT2D eigenvalue weighted by molar-refractivity contribution is -0.479. The molecule has 3 rings (SSSR count). The van der Waals surface area contributed by atoms with E-state index in [0.29, 0.717) is 11.0 Å². The summed E-state index contributed by atoms with van der Waals surface area (Å²) in [5, 5.41) is 19.9. The van der Waals surface area contributed by atoms with Crippen LogP contribution in [0.4, 0.5) is 0 Å². The molecule has 1 atom stereocenters. The third-order valence-electron chi connectivity index (χ3n) is 4.14. The molecule has 0 spiro atoms. The van der Waals surface area contributed by atoms with Gasteiger partial charge in [-0.15, -0.1) is 10.2 Å². The minimum absolute atomic E-state index is 0.192. The Balaban J connectivity index is 1.94. The zero-order valence-corrected chi connectivity index (χ0v) is 16.1. The first-order valence-corrected chi connectivity index (χ1v) is 9.27. The molecule has 0 bridgehead atoms. The number of benzene rings is 2. The van der Waals surface area contributed by atoms with Gasteiger partial charge in [0.15, 0.2) is 5.16 Å². The Morgan fingerprint density at radius 3 is 2.37 bits per heavy atom. The molecule has 0 fully saturated rings. The molecule has 0 N–H and O–H groups in total. The Morgan fingerprint density at radius 1 is 1.11 bits per heavy atom. The quantitative estimate of drug-likeness (QED) is 0.348. The van der Waals surface area contributed by atoms with Crippen LogP contribution in [-0.4, -0.2) is 33.3 Å². The van der Waals surface area contributed by atoms with E-state index in [1.165, 1.54) is 11.8 Å². The number of nitro groups is 1. The van der Waals surface area contributed by atoms with Crippen LogP contribution in [0.25, 0.3) is 5.69 Å². The van der Waals surface area contributed by atoms with E-state index in [0.717, 1.165) is 22.6 Å². The summed E-state index contributed by atoms with van der Waals surface area (Å²) in [6, 6.07) is 15.3. The maximum absolute atomic E-state index is 11.2. The minimum atomic E-state index is -0.360. The molecule has 2 aromatic carbocycles. The normalized spacial score (nSPS) is 12.0. The third kappa shape index (κ3) is 4.46. The lowest BCUT2D eigenvalue weighted by Gasteiger charge is -2.14. The fourth-order valence-corrected chi connectivity index (χ4v) is 3.88. The predicted octanol–water partition coefficient (Wildman–Crippen LogP) is 4.00. The fraction of sp³-hybridized carbons (Fsp3) is 0.263. The molecule has 140 valence electrons. The van der Waals surface area contributed by atoms with Gasteiger partial charge in [-0.25, -0.2) is 0 Å². The Hall–Kier alpha value is -2.87. The van der Waals surface area contributed by atoms with Crippen LogP contribution < -0.4 is 4.74 Å². The van der Waals surface area contributed by atoms with Gasteiger partial charge in [-0.1, -0.05) is 41.6 Å². The first kappa shape index (κ1) is 18.9. The fourth-order valence-electron chi connectivity index (χ4n) is 2.70. The maximum atomic E-state index is 11.2. The number of ether oxygens (including phenoxy) is 1. The number of hydrogen-bond acceptors (Lipinski definition) is 6. The average Bonchev–Trinajstić information content (AvgIpc) is 3.02. The summed E-state index contributed by atoms with van der Waals surface area (Å²) in [6.45, 7) is 3.65. The Bertz CT molecular complexity index is 923. The summed E-state index contributed by atoms with van der Waals surface area (Å²) in [5.41, 5.74) is 2.88. The van der Waals surface area contributed by atoms with Crippen LogP contribution in [-0.2, 0) is 0 Å². The first-order chi connectivity index (χ1) is 13.0. The van der Waals surface area contributed by atoms with Crippen LogP contribution >= 0.6 is 11.8 Å². The van der Waals surface area contributed by atoms with E-state index in [9.17, 15) is 10.1 Å². The van der Waals surface area contributed by atoms with E-state index in [1.807, 2.05) is 66.9 Å². The molecule has 8 heteroatoms. The zero-order valence-electron chi connectivity index (χ0n) is 15.3. The van der Waals surface area contributed by atoms with Gasteiger partial charge in [-0.05, 0) is 43.7 Å². The molecule has 1 aromatic heterocycles. The summed E-state index contributed by atoms with van der Waals surface area (Å²) in [4.78, 5) is 10.9. The van der Waals surface area contributed by atoms with Crippen LogP contribution in [0.2, 0.25) is 0 Å². The van der Waals surface area contributed by atoms with E-state index in [4.69, 9.17) is 4.74 Å². The summed E-state index contributed by atoms with van der Waals surface area (Å²) in [7, 11) is 1.62. The molecule has 0 radical (unpaired) electrons. The zero-order chi connectivity index (χ0) is 19.4. The second-order valence-electron chi connectivity index (χ2n) is 6.10. The Morgan fingerprint density at radius 2 is 1.78 bits per heavy atom. The highest BCUT2D eigenvalue weighted by Gasteiger charge is 2.23. The van der Waals surface area contributed by atoms with Gasteiger partial charge in [-0.3, -0.25) is 14.7 Å². The van der Waals surface area contributed by atoms with Gasteiger partial charge >= 0.3 is 0 Å². The molecule has 7 nitrogen and oxygen atoms in total. The largest absolute Gasteiger partial charge is 0.497 e. The number of aromatic nitrogens is 3. The van der Waals surface area contributed by atoms with Crippen molar-refractivity contribution in [3.63, 3.8) is 0 Å². The first-order valence-electron chi connectivity index (χ1n) is 8.39. The van der Waals surface area contributed by atoms with Crippen molar-refractivity contribution < 1.29 is 9.66 Å². The van der Waals surface area contributed by atoms with Crippen LogP contribution in [0.15, 0.2) is 53.7 Å². The third-order valence-corrected chi connectivity index (χ3v) is 5.32. The van der Waals surface area contributed by atoms with Crippen LogP contribution in [0, 0.1) is 24.0 Å². The van der Waals surface area contributed by atoms with E-state index in [2.05, 4.69) is 10.2 Å².